The van der Waals surface area contributed by atoms with Gasteiger partial charge in [0.1, 0.15) is 0 Å². The van der Waals surface area contributed by atoms with E-state index in [9.17, 15) is 4.79 Å². The topological polar surface area (TPSA) is 17.1 Å². The van der Waals surface area contributed by atoms with Crippen LogP contribution >= 0.6 is 0 Å². The molecule has 1 rings (SSSR count). The van der Waals surface area contributed by atoms with Crippen molar-refractivity contribution in [1.29, 1.82) is 0 Å². The number of carbonyl (C=O) groups excluding carboxylic acids is 1. The summed E-state index contributed by atoms with van der Waals surface area (Å²) in [5, 5.41) is 0. The lowest BCUT2D eigenvalue weighted by atomic mass is 9.96. The summed E-state index contributed by atoms with van der Waals surface area (Å²) in [4.78, 5) is 11.7. The molecule has 0 saturated heterocycles. The number of hydrogen-bond donors (Lipinski definition) is 0. The molecule has 1 nitrogen and oxygen atoms in total. The second-order valence-corrected chi connectivity index (χ2v) is 4.71. The maximum absolute atomic E-state index is 11.7. The van der Waals surface area contributed by atoms with E-state index in [0.717, 1.165) is 30.8 Å². The Labute approximate surface area is 93.3 Å². The van der Waals surface area contributed by atoms with Crippen molar-refractivity contribution in [1.82, 2.24) is 0 Å². The smallest absolute Gasteiger partial charge is 0.181 e. The van der Waals surface area contributed by atoms with E-state index in [1.807, 2.05) is 6.08 Å². The minimum Gasteiger partial charge on any atom is -0.290 e. The van der Waals surface area contributed by atoms with E-state index in [2.05, 4.69) is 19.9 Å². The van der Waals surface area contributed by atoms with E-state index in [4.69, 9.17) is 0 Å². The Balaban J connectivity index is 2.31. The van der Waals surface area contributed by atoms with Gasteiger partial charge in [0.05, 0.1) is 0 Å². The zero-order valence-corrected chi connectivity index (χ0v) is 9.96. The van der Waals surface area contributed by atoms with Gasteiger partial charge in [-0.3, -0.25) is 4.79 Å². The van der Waals surface area contributed by atoms with Gasteiger partial charge < -0.3 is 0 Å². The highest BCUT2D eigenvalue weighted by atomic mass is 16.1. The summed E-state index contributed by atoms with van der Waals surface area (Å²) in [7, 11) is 0. The van der Waals surface area contributed by atoms with Crippen molar-refractivity contribution in [3.8, 4) is 0 Å². The van der Waals surface area contributed by atoms with E-state index in [1.54, 1.807) is 6.08 Å². The molecule has 1 heteroatoms. The number of rotatable bonds is 5. The highest BCUT2D eigenvalue weighted by molar-refractivity contribution is 6.03. The van der Waals surface area contributed by atoms with Crippen molar-refractivity contribution in [2.45, 2.75) is 52.4 Å². The van der Waals surface area contributed by atoms with Gasteiger partial charge in [-0.15, -0.1) is 0 Å². The van der Waals surface area contributed by atoms with Gasteiger partial charge in [-0.25, -0.2) is 0 Å². The lowest BCUT2D eigenvalue weighted by Gasteiger charge is -2.09. The Morgan fingerprint density at radius 3 is 2.87 bits per heavy atom. The van der Waals surface area contributed by atoms with E-state index >= 15 is 0 Å². The van der Waals surface area contributed by atoms with Crippen LogP contribution in [0.2, 0.25) is 0 Å². The summed E-state index contributed by atoms with van der Waals surface area (Å²) >= 11 is 0. The number of carbonyl (C=O) groups is 1. The fourth-order valence-corrected chi connectivity index (χ4v) is 1.79. The molecule has 0 radical (unpaired) electrons. The zero-order chi connectivity index (χ0) is 11.1. The van der Waals surface area contributed by atoms with Crippen LogP contribution in [0.25, 0.3) is 0 Å². The molecule has 1 aliphatic carbocycles. The third-order valence-corrected chi connectivity index (χ3v) is 2.79. The Morgan fingerprint density at radius 1 is 1.47 bits per heavy atom. The predicted octanol–water partition coefficient (Wildman–Crippen LogP) is 4.05. The molecule has 0 aromatic rings. The first-order chi connectivity index (χ1) is 7.20. The maximum atomic E-state index is 11.7. The monoisotopic (exact) mass is 206 g/mol. The minimum atomic E-state index is 0.235. The molecule has 0 aromatic heterocycles. The van der Waals surface area contributed by atoms with Gasteiger partial charge in [-0.2, -0.15) is 0 Å². The van der Waals surface area contributed by atoms with Gasteiger partial charge >= 0.3 is 0 Å². The lowest BCUT2D eigenvalue weighted by molar-refractivity contribution is -0.111. The molecule has 0 aromatic carbocycles. The molecule has 0 fully saturated rings. The van der Waals surface area contributed by atoms with E-state index < -0.39 is 0 Å². The van der Waals surface area contributed by atoms with Gasteiger partial charge in [-0.05, 0) is 56.1 Å². The van der Waals surface area contributed by atoms with Crippen molar-refractivity contribution in [2.24, 2.45) is 5.92 Å². The average Bonchev–Trinajstić information content (AvgIpc) is 2.25. The fraction of sp³-hybridized carbons (Fsp3) is 0.643. The summed E-state index contributed by atoms with van der Waals surface area (Å²) in [6.07, 6.45) is 12.6. The Morgan fingerprint density at radius 2 is 2.27 bits per heavy atom. The van der Waals surface area contributed by atoms with Crippen LogP contribution < -0.4 is 0 Å². The molecule has 15 heavy (non-hydrogen) atoms. The van der Waals surface area contributed by atoms with Gasteiger partial charge in [0.2, 0.25) is 0 Å². The molecular formula is C14H22O. The van der Waals surface area contributed by atoms with Crippen LogP contribution in [0.15, 0.2) is 23.8 Å². The molecule has 0 aliphatic heterocycles. The molecule has 1 aliphatic rings. The highest BCUT2D eigenvalue weighted by Gasteiger charge is 2.08. The highest BCUT2D eigenvalue weighted by Crippen LogP contribution is 2.18. The molecule has 0 heterocycles. The second-order valence-electron chi connectivity index (χ2n) is 4.71. The van der Waals surface area contributed by atoms with E-state index in [1.165, 1.54) is 19.3 Å². The van der Waals surface area contributed by atoms with Crippen LogP contribution in [0.1, 0.15) is 52.4 Å². The van der Waals surface area contributed by atoms with E-state index in [0.29, 0.717) is 0 Å². The summed E-state index contributed by atoms with van der Waals surface area (Å²) in [6, 6.07) is 0. The van der Waals surface area contributed by atoms with Crippen LogP contribution in [0, 0.1) is 5.92 Å². The third-order valence-electron chi connectivity index (χ3n) is 2.79. The summed E-state index contributed by atoms with van der Waals surface area (Å²) < 4.78 is 0. The SMILES string of the molecule is CC(C)CCC=CC(=O)C1=CCCCC1. The van der Waals surface area contributed by atoms with Crippen molar-refractivity contribution in [3.63, 3.8) is 0 Å². The summed E-state index contributed by atoms with van der Waals surface area (Å²) in [6.45, 7) is 4.42. The molecule has 0 atom stereocenters. The Bertz CT molecular complexity index is 259. The maximum Gasteiger partial charge on any atom is 0.181 e. The quantitative estimate of drug-likeness (QED) is 0.620. The molecule has 0 N–H and O–H groups in total. The van der Waals surface area contributed by atoms with Gasteiger partial charge in [0, 0.05) is 0 Å². The largest absolute Gasteiger partial charge is 0.290 e. The van der Waals surface area contributed by atoms with Crippen LogP contribution in [-0.2, 0) is 4.79 Å². The average molecular weight is 206 g/mol. The number of ketones is 1. The minimum absolute atomic E-state index is 0.235. The summed E-state index contributed by atoms with van der Waals surface area (Å²) in [5.41, 5.74) is 1.03. The number of allylic oxidation sites excluding steroid dienone is 4. The molecule has 0 bridgehead atoms. The van der Waals surface area contributed by atoms with Crippen molar-refractivity contribution < 1.29 is 4.79 Å². The normalized spacial score (nSPS) is 17.1. The van der Waals surface area contributed by atoms with Crippen LogP contribution in [0.4, 0.5) is 0 Å². The van der Waals surface area contributed by atoms with Crippen LogP contribution in [-0.4, -0.2) is 5.78 Å². The molecular weight excluding hydrogens is 184 g/mol. The second kappa shape index (κ2) is 6.60. The Kier molecular flexibility index (Phi) is 5.38. The summed E-state index contributed by atoms with van der Waals surface area (Å²) in [5.74, 6) is 0.956. The van der Waals surface area contributed by atoms with Crippen molar-refractivity contribution >= 4 is 5.78 Å². The molecule has 0 spiro atoms. The first-order valence-corrected chi connectivity index (χ1v) is 6.10. The van der Waals surface area contributed by atoms with Crippen LogP contribution in [0.5, 0.6) is 0 Å². The van der Waals surface area contributed by atoms with E-state index in [-0.39, 0.29) is 5.78 Å². The first-order valence-electron chi connectivity index (χ1n) is 6.10. The van der Waals surface area contributed by atoms with Crippen LogP contribution in [0.3, 0.4) is 0 Å². The fourth-order valence-electron chi connectivity index (χ4n) is 1.79. The molecule has 0 amide bonds. The van der Waals surface area contributed by atoms with Crippen molar-refractivity contribution in [3.05, 3.63) is 23.8 Å². The third kappa shape index (κ3) is 4.96. The van der Waals surface area contributed by atoms with Gasteiger partial charge in [0.25, 0.3) is 0 Å². The first kappa shape index (κ1) is 12.2. The lowest BCUT2D eigenvalue weighted by Crippen LogP contribution is -2.02. The van der Waals surface area contributed by atoms with Gasteiger partial charge in [0.15, 0.2) is 5.78 Å². The molecule has 0 unspecified atom stereocenters. The molecule has 0 saturated carbocycles. The predicted molar refractivity (Wildman–Crippen MR) is 64.8 cm³/mol. The van der Waals surface area contributed by atoms with Crippen molar-refractivity contribution in [2.75, 3.05) is 0 Å². The standard InChI is InChI=1S/C14H22O/c1-12(2)8-6-7-11-14(15)13-9-4-3-5-10-13/h7,9,11-12H,3-6,8,10H2,1-2H3. The zero-order valence-electron chi connectivity index (χ0n) is 9.96. The number of hydrogen-bond acceptors (Lipinski definition) is 1. The Hall–Kier alpha value is -0.850. The van der Waals surface area contributed by atoms with Gasteiger partial charge in [-0.1, -0.05) is 26.0 Å². The molecule has 84 valence electrons.